The van der Waals surface area contributed by atoms with E-state index in [9.17, 15) is 18.0 Å². The average Bonchev–Trinajstić information content (AvgIpc) is 2.28. The molecule has 0 spiro atoms. The number of nitrogens with one attached hydrogen (secondary N) is 1. The van der Waals surface area contributed by atoms with Gasteiger partial charge in [0.05, 0.1) is 12.6 Å². The van der Waals surface area contributed by atoms with Crippen LogP contribution in [0.4, 0.5) is 13.2 Å². The minimum absolute atomic E-state index is 0.152. The van der Waals surface area contributed by atoms with E-state index in [-0.39, 0.29) is 6.42 Å². The predicted molar refractivity (Wildman–Crippen MR) is 55.2 cm³/mol. The summed E-state index contributed by atoms with van der Waals surface area (Å²) >= 11 is 0. The third-order valence-electron chi connectivity index (χ3n) is 2.14. The number of carbonyl (C=O) groups is 1. The Morgan fingerprint density at radius 2 is 1.88 bits per heavy atom. The van der Waals surface area contributed by atoms with E-state index in [1.807, 2.05) is 0 Å². The second-order valence-corrected chi connectivity index (χ2v) is 3.54. The zero-order valence-corrected chi connectivity index (χ0v) is 8.87. The van der Waals surface area contributed by atoms with Gasteiger partial charge in [-0.05, 0) is 12.0 Å². The SMILES string of the molecule is O=C(NC(CO)Cc1ccccc1)C(F)(F)F. The van der Waals surface area contributed by atoms with E-state index in [0.29, 0.717) is 0 Å². The first-order chi connectivity index (χ1) is 7.93. The van der Waals surface area contributed by atoms with Crippen molar-refractivity contribution in [1.82, 2.24) is 5.32 Å². The van der Waals surface area contributed by atoms with E-state index < -0.39 is 24.7 Å². The molecule has 94 valence electrons. The van der Waals surface area contributed by atoms with Crippen molar-refractivity contribution in [3.63, 3.8) is 0 Å². The molecule has 1 amide bonds. The molecule has 0 saturated carbocycles. The monoisotopic (exact) mass is 247 g/mol. The first-order valence-corrected chi connectivity index (χ1v) is 4.96. The van der Waals surface area contributed by atoms with E-state index >= 15 is 0 Å². The second-order valence-electron chi connectivity index (χ2n) is 3.54. The van der Waals surface area contributed by atoms with Gasteiger partial charge in [-0.25, -0.2) is 0 Å². The molecule has 0 bridgehead atoms. The van der Waals surface area contributed by atoms with Gasteiger partial charge in [-0.3, -0.25) is 4.79 Å². The number of hydrogen-bond donors (Lipinski definition) is 2. The number of halogens is 3. The Kier molecular flexibility index (Phi) is 4.51. The molecule has 17 heavy (non-hydrogen) atoms. The molecule has 0 fully saturated rings. The Labute approximate surface area is 96.3 Å². The highest BCUT2D eigenvalue weighted by Crippen LogP contribution is 2.15. The van der Waals surface area contributed by atoms with Crippen LogP contribution in [0.25, 0.3) is 0 Å². The van der Waals surface area contributed by atoms with Crippen LogP contribution in [0.1, 0.15) is 5.56 Å². The molecule has 6 heteroatoms. The van der Waals surface area contributed by atoms with Crippen molar-refractivity contribution < 1.29 is 23.1 Å². The number of rotatable bonds is 4. The summed E-state index contributed by atoms with van der Waals surface area (Å²) in [6.45, 7) is -0.545. The molecule has 1 atom stereocenters. The van der Waals surface area contributed by atoms with Gasteiger partial charge in [0.2, 0.25) is 0 Å². The number of amides is 1. The third kappa shape index (κ3) is 4.44. The summed E-state index contributed by atoms with van der Waals surface area (Å²) in [7, 11) is 0. The van der Waals surface area contributed by atoms with Crippen LogP contribution in [0.5, 0.6) is 0 Å². The maximum atomic E-state index is 12.0. The van der Waals surface area contributed by atoms with Gasteiger partial charge < -0.3 is 10.4 Å². The maximum absolute atomic E-state index is 12.0. The van der Waals surface area contributed by atoms with Gasteiger partial charge in [0, 0.05) is 0 Å². The van der Waals surface area contributed by atoms with E-state index in [2.05, 4.69) is 0 Å². The van der Waals surface area contributed by atoms with Gasteiger partial charge >= 0.3 is 12.1 Å². The van der Waals surface area contributed by atoms with Crippen LogP contribution >= 0.6 is 0 Å². The van der Waals surface area contributed by atoms with Crippen LogP contribution in [0.15, 0.2) is 30.3 Å². The lowest BCUT2D eigenvalue weighted by Crippen LogP contribution is -2.45. The van der Waals surface area contributed by atoms with Crippen molar-refractivity contribution in [1.29, 1.82) is 0 Å². The summed E-state index contributed by atoms with van der Waals surface area (Å²) in [6, 6.07) is 7.72. The van der Waals surface area contributed by atoms with Gasteiger partial charge in [-0.1, -0.05) is 30.3 Å². The predicted octanol–water partition coefficient (Wildman–Crippen LogP) is 1.27. The number of carbonyl (C=O) groups excluding carboxylic acids is 1. The fourth-order valence-electron chi connectivity index (χ4n) is 1.33. The van der Waals surface area contributed by atoms with E-state index in [4.69, 9.17) is 5.11 Å². The smallest absolute Gasteiger partial charge is 0.394 e. The van der Waals surface area contributed by atoms with Gasteiger partial charge in [0.25, 0.3) is 0 Å². The summed E-state index contributed by atoms with van der Waals surface area (Å²) in [4.78, 5) is 10.7. The van der Waals surface area contributed by atoms with Crippen molar-refractivity contribution in [3.05, 3.63) is 35.9 Å². The Morgan fingerprint density at radius 1 is 1.29 bits per heavy atom. The molecular formula is C11H12F3NO2. The maximum Gasteiger partial charge on any atom is 0.471 e. The molecule has 0 aromatic heterocycles. The zero-order valence-electron chi connectivity index (χ0n) is 8.87. The summed E-state index contributed by atoms with van der Waals surface area (Å²) in [5.74, 6) is -2.03. The Bertz CT molecular complexity index is 365. The molecule has 1 aromatic rings. The quantitative estimate of drug-likeness (QED) is 0.841. The highest BCUT2D eigenvalue weighted by atomic mass is 19.4. The number of aliphatic hydroxyl groups excluding tert-OH is 1. The lowest BCUT2D eigenvalue weighted by Gasteiger charge is -2.17. The van der Waals surface area contributed by atoms with Crippen LogP contribution in [0.2, 0.25) is 0 Å². The molecule has 3 nitrogen and oxygen atoms in total. The van der Waals surface area contributed by atoms with E-state index in [1.165, 1.54) is 0 Å². The largest absolute Gasteiger partial charge is 0.471 e. The van der Waals surface area contributed by atoms with Crippen LogP contribution in [-0.2, 0) is 11.2 Å². The molecule has 1 unspecified atom stereocenters. The molecule has 0 radical (unpaired) electrons. The molecule has 0 aliphatic rings. The van der Waals surface area contributed by atoms with Gasteiger partial charge in [0.15, 0.2) is 0 Å². The van der Waals surface area contributed by atoms with E-state index in [0.717, 1.165) is 5.56 Å². The van der Waals surface area contributed by atoms with Crippen molar-refractivity contribution in [3.8, 4) is 0 Å². The summed E-state index contributed by atoms with van der Waals surface area (Å²) in [5.41, 5.74) is 0.744. The van der Waals surface area contributed by atoms with Gasteiger partial charge in [-0.2, -0.15) is 13.2 Å². The molecular weight excluding hydrogens is 235 g/mol. The molecule has 0 aliphatic carbocycles. The number of hydrogen-bond acceptors (Lipinski definition) is 2. The highest BCUT2D eigenvalue weighted by molar-refractivity contribution is 5.81. The first-order valence-electron chi connectivity index (χ1n) is 4.96. The molecule has 0 saturated heterocycles. The minimum Gasteiger partial charge on any atom is -0.394 e. The zero-order chi connectivity index (χ0) is 12.9. The molecule has 1 aromatic carbocycles. The fourth-order valence-corrected chi connectivity index (χ4v) is 1.33. The Hall–Kier alpha value is -1.56. The number of benzene rings is 1. The summed E-state index contributed by atoms with van der Waals surface area (Å²) in [5, 5.41) is 10.7. The molecule has 0 heterocycles. The highest BCUT2D eigenvalue weighted by Gasteiger charge is 2.39. The number of alkyl halides is 3. The standard InChI is InChI=1S/C11H12F3NO2/c12-11(13,14)10(17)15-9(7-16)6-8-4-2-1-3-5-8/h1-5,9,16H,6-7H2,(H,15,17). The minimum atomic E-state index is -4.93. The van der Waals surface area contributed by atoms with E-state index in [1.54, 1.807) is 35.6 Å². The molecule has 0 aliphatic heterocycles. The van der Waals surface area contributed by atoms with Crippen molar-refractivity contribution in [2.45, 2.75) is 18.6 Å². The lowest BCUT2D eigenvalue weighted by molar-refractivity contribution is -0.174. The van der Waals surface area contributed by atoms with Crippen LogP contribution < -0.4 is 5.32 Å². The van der Waals surface area contributed by atoms with Crippen molar-refractivity contribution in [2.24, 2.45) is 0 Å². The second kappa shape index (κ2) is 5.67. The average molecular weight is 247 g/mol. The summed E-state index contributed by atoms with van der Waals surface area (Å²) in [6.07, 6.45) is -4.77. The Morgan fingerprint density at radius 3 is 2.35 bits per heavy atom. The lowest BCUT2D eigenvalue weighted by atomic mass is 10.1. The summed E-state index contributed by atoms with van der Waals surface area (Å²) < 4.78 is 36.0. The van der Waals surface area contributed by atoms with Crippen LogP contribution in [0.3, 0.4) is 0 Å². The molecule has 1 rings (SSSR count). The normalized spacial score (nSPS) is 13.2. The van der Waals surface area contributed by atoms with Crippen LogP contribution in [0, 0.1) is 0 Å². The van der Waals surface area contributed by atoms with Crippen LogP contribution in [-0.4, -0.2) is 29.8 Å². The third-order valence-corrected chi connectivity index (χ3v) is 2.14. The topological polar surface area (TPSA) is 49.3 Å². The number of aliphatic hydroxyl groups is 1. The van der Waals surface area contributed by atoms with Crippen molar-refractivity contribution in [2.75, 3.05) is 6.61 Å². The van der Waals surface area contributed by atoms with Gasteiger partial charge in [-0.15, -0.1) is 0 Å². The molecule has 2 N–H and O–H groups in total. The Balaban J connectivity index is 2.59. The fraction of sp³-hybridized carbons (Fsp3) is 0.364. The first kappa shape index (κ1) is 13.5. The van der Waals surface area contributed by atoms with Crippen molar-refractivity contribution >= 4 is 5.91 Å². The van der Waals surface area contributed by atoms with Gasteiger partial charge in [0.1, 0.15) is 0 Å².